The first-order valence-electron chi connectivity index (χ1n) is 6.10. The molecule has 0 fully saturated rings. The van der Waals surface area contributed by atoms with Crippen LogP contribution in [0, 0.1) is 12.3 Å². The number of rotatable bonds is 6. The lowest BCUT2D eigenvalue weighted by atomic mass is 10.1. The van der Waals surface area contributed by atoms with Crippen molar-refractivity contribution < 1.29 is 9.90 Å². The zero-order valence-electron chi connectivity index (χ0n) is 10.8. The summed E-state index contributed by atoms with van der Waals surface area (Å²) < 4.78 is 0. The number of nitrogens with zero attached hydrogens (tertiary/aromatic N) is 1. The van der Waals surface area contributed by atoms with Crippen molar-refractivity contribution in [3.63, 3.8) is 0 Å². The molecule has 0 saturated heterocycles. The number of para-hydroxylation sites is 1. The number of carboxylic acid groups (broad SMARTS) is 1. The molecule has 102 valence electrons. The first-order valence-corrected chi connectivity index (χ1v) is 7.26. The molecule has 2 rings (SSSR count). The Labute approximate surface area is 121 Å². The first kappa shape index (κ1) is 14.2. The van der Waals surface area contributed by atoms with Crippen LogP contribution < -0.4 is 5.32 Å². The Morgan fingerprint density at radius 2 is 2.25 bits per heavy atom. The van der Waals surface area contributed by atoms with Crippen LogP contribution in [0.4, 0.5) is 5.82 Å². The number of hydrogen-bond donors (Lipinski definition) is 2. The Balaban J connectivity index is 2.18. The summed E-state index contributed by atoms with van der Waals surface area (Å²) in [5.41, 5.74) is 0.931. The number of carboxylic acids is 1. The molecule has 1 aromatic carbocycles. The minimum atomic E-state index is -0.951. The summed E-state index contributed by atoms with van der Waals surface area (Å²) in [4.78, 5) is 15.7. The molecule has 2 aromatic rings. The molecular formula is C15H14N2O2S. The van der Waals surface area contributed by atoms with Gasteiger partial charge in [0, 0.05) is 17.7 Å². The van der Waals surface area contributed by atoms with Crippen LogP contribution in [-0.2, 0) is 0 Å². The van der Waals surface area contributed by atoms with Crippen LogP contribution in [0.2, 0.25) is 0 Å². The molecule has 0 amide bonds. The van der Waals surface area contributed by atoms with Crippen LogP contribution in [-0.4, -0.2) is 34.1 Å². The molecule has 20 heavy (non-hydrogen) atoms. The van der Waals surface area contributed by atoms with E-state index in [1.165, 1.54) is 0 Å². The third kappa shape index (κ3) is 3.43. The number of nitrogens with one attached hydrogen (secondary N) is 1. The van der Waals surface area contributed by atoms with E-state index in [0.29, 0.717) is 29.0 Å². The van der Waals surface area contributed by atoms with Gasteiger partial charge in [-0.2, -0.15) is 0 Å². The lowest BCUT2D eigenvalue weighted by molar-refractivity contribution is 0.0699. The predicted molar refractivity (Wildman–Crippen MR) is 83.4 cm³/mol. The maximum Gasteiger partial charge on any atom is 0.336 e. The smallest absolute Gasteiger partial charge is 0.336 e. The fourth-order valence-electron chi connectivity index (χ4n) is 1.83. The summed E-state index contributed by atoms with van der Waals surface area (Å²) >= 11 is 1.64. The molecule has 2 N–H and O–H groups in total. The number of thioether (sulfide) groups is 1. The molecule has 5 heteroatoms. The number of aromatic nitrogens is 1. The topological polar surface area (TPSA) is 62.2 Å². The van der Waals surface area contributed by atoms with Gasteiger partial charge < -0.3 is 10.4 Å². The van der Waals surface area contributed by atoms with E-state index in [-0.39, 0.29) is 5.56 Å². The Hall–Kier alpha value is -2.19. The number of anilines is 1. The third-order valence-corrected chi connectivity index (χ3v) is 3.55. The van der Waals surface area contributed by atoms with Crippen molar-refractivity contribution in [3.05, 3.63) is 35.9 Å². The molecular weight excluding hydrogens is 272 g/mol. The molecule has 0 saturated carbocycles. The van der Waals surface area contributed by atoms with E-state index in [9.17, 15) is 9.90 Å². The largest absolute Gasteiger partial charge is 0.478 e. The maximum absolute atomic E-state index is 11.3. The van der Waals surface area contributed by atoms with Crippen molar-refractivity contribution in [3.8, 4) is 12.3 Å². The third-order valence-electron chi connectivity index (χ3n) is 2.68. The predicted octanol–water partition coefficient (Wildman–Crippen LogP) is 2.71. The normalized spacial score (nSPS) is 10.2. The lowest BCUT2D eigenvalue weighted by Gasteiger charge is -2.08. The minimum Gasteiger partial charge on any atom is -0.478 e. The van der Waals surface area contributed by atoms with Gasteiger partial charge >= 0.3 is 5.97 Å². The Morgan fingerprint density at radius 3 is 3.00 bits per heavy atom. The van der Waals surface area contributed by atoms with Gasteiger partial charge in [0.05, 0.1) is 16.8 Å². The van der Waals surface area contributed by atoms with Gasteiger partial charge in [-0.25, -0.2) is 9.78 Å². The van der Waals surface area contributed by atoms with Gasteiger partial charge in [0.2, 0.25) is 0 Å². The quantitative estimate of drug-likeness (QED) is 0.631. The Morgan fingerprint density at radius 1 is 1.45 bits per heavy atom. The van der Waals surface area contributed by atoms with Crippen LogP contribution in [0.15, 0.2) is 30.3 Å². The molecule has 0 unspecified atom stereocenters. The van der Waals surface area contributed by atoms with Crippen molar-refractivity contribution in [1.82, 2.24) is 4.98 Å². The van der Waals surface area contributed by atoms with Gasteiger partial charge in [0.1, 0.15) is 5.82 Å². The van der Waals surface area contributed by atoms with Gasteiger partial charge in [0.15, 0.2) is 0 Å². The standard InChI is InChI=1S/C15H14N2O2S/c1-2-8-20-9-7-16-14-10-12(15(18)19)11-5-3-4-6-13(11)17-14/h1,3-6,10H,7-9H2,(H,16,17)(H,18,19). The second-order valence-electron chi connectivity index (χ2n) is 4.06. The number of terminal acetylenes is 1. The molecule has 1 aromatic heterocycles. The fraction of sp³-hybridized carbons (Fsp3) is 0.200. The van der Waals surface area contributed by atoms with E-state index in [4.69, 9.17) is 6.42 Å². The zero-order valence-corrected chi connectivity index (χ0v) is 11.6. The second kappa shape index (κ2) is 6.83. The summed E-state index contributed by atoms with van der Waals surface area (Å²) in [6, 6.07) is 8.78. The average molecular weight is 286 g/mol. The number of aromatic carboxylic acids is 1. The highest BCUT2D eigenvalue weighted by Gasteiger charge is 2.11. The van der Waals surface area contributed by atoms with Crippen LogP contribution in [0.3, 0.4) is 0 Å². The van der Waals surface area contributed by atoms with Crippen LogP contribution >= 0.6 is 11.8 Å². The molecule has 4 nitrogen and oxygen atoms in total. The Bertz CT molecular complexity index is 664. The lowest BCUT2D eigenvalue weighted by Crippen LogP contribution is -2.08. The summed E-state index contributed by atoms with van der Waals surface area (Å²) in [6.07, 6.45) is 5.17. The second-order valence-corrected chi connectivity index (χ2v) is 5.17. The van der Waals surface area contributed by atoms with Crippen molar-refractivity contribution in [1.29, 1.82) is 0 Å². The van der Waals surface area contributed by atoms with Crippen molar-refractivity contribution >= 4 is 34.5 Å². The van der Waals surface area contributed by atoms with Crippen LogP contribution in [0.1, 0.15) is 10.4 Å². The number of pyridine rings is 1. The number of carbonyl (C=O) groups is 1. The molecule has 0 spiro atoms. The van der Waals surface area contributed by atoms with Gasteiger partial charge in [0.25, 0.3) is 0 Å². The van der Waals surface area contributed by atoms with Crippen molar-refractivity contribution in [2.75, 3.05) is 23.4 Å². The van der Waals surface area contributed by atoms with Gasteiger partial charge in [-0.15, -0.1) is 18.2 Å². The first-order chi connectivity index (χ1) is 9.72. The fourth-order valence-corrected chi connectivity index (χ4v) is 2.33. The van der Waals surface area contributed by atoms with Crippen LogP contribution in [0.25, 0.3) is 10.9 Å². The highest BCUT2D eigenvalue weighted by Crippen LogP contribution is 2.20. The van der Waals surface area contributed by atoms with Gasteiger partial charge in [-0.3, -0.25) is 0 Å². The molecule has 1 heterocycles. The summed E-state index contributed by atoms with van der Waals surface area (Å²) in [7, 11) is 0. The Kier molecular flexibility index (Phi) is 4.85. The van der Waals surface area contributed by atoms with E-state index in [2.05, 4.69) is 16.2 Å². The van der Waals surface area contributed by atoms with E-state index < -0.39 is 5.97 Å². The molecule has 0 bridgehead atoms. The maximum atomic E-state index is 11.3. The van der Waals surface area contributed by atoms with Crippen molar-refractivity contribution in [2.24, 2.45) is 0 Å². The summed E-state index contributed by atoms with van der Waals surface area (Å²) in [6.45, 7) is 0.691. The average Bonchev–Trinajstić information content (AvgIpc) is 2.46. The summed E-state index contributed by atoms with van der Waals surface area (Å²) in [5.74, 6) is 3.70. The zero-order chi connectivity index (χ0) is 14.4. The summed E-state index contributed by atoms with van der Waals surface area (Å²) in [5, 5.41) is 13.0. The number of fused-ring (bicyclic) bond motifs is 1. The van der Waals surface area contributed by atoms with Gasteiger partial charge in [-0.05, 0) is 12.1 Å². The van der Waals surface area contributed by atoms with E-state index in [1.807, 2.05) is 6.07 Å². The van der Waals surface area contributed by atoms with Crippen molar-refractivity contribution in [2.45, 2.75) is 0 Å². The molecule has 0 radical (unpaired) electrons. The van der Waals surface area contributed by atoms with Crippen LogP contribution in [0.5, 0.6) is 0 Å². The van der Waals surface area contributed by atoms with E-state index in [0.717, 1.165) is 5.75 Å². The highest BCUT2D eigenvalue weighted by molar-refractivity contribution is 7.99. The molecule has 0 aliphatic carbocycles. The number of benzene rings is 1. The van der Waals surface area contributed by atoms with E-state index in [1.54, 1.807) is 36.0 Å². The van der Waals surface area contributed by atoms with Gasteiger partial charge in [-0.1, -0.05) is 24.1 Å². The number of hydrogen-bond acceptors (Lipinski definition) is 4. The monoisotopic (exact) mass is 286 g/mol. The molecule has 0 aliphatic rings. The molecule has 0 aliphatic heterocycles. The van der Waals surface area contributed by atoms with E-state index >= 15 is 0 Å². The minimum absolute atomic E-state index is 0.259. The molecule has 0 atom stereocenters. The SMILES string of the molecule is C#CCSCCNc1cc(C(=O)O)c2ccccc2n1. The highest BCUT2D eigenvalue weighted by atomic mass is 32.2.